The van der Waals surface area contributed by atoms with Crippen LogP contribution in [0, 0.1) is 5.92 Å². The van der Waals surface area contributed by atoms with E-state index in [1.165, 1.54) is 25.7 Å². The van der Waals surface area contributed by atoms with Crippen LogP contribution in [0.2, 0.25) is 0 Å². The highest BCUT2D eigenvalue weighted by molar-refractivity contribution is 5.80. The van der Waals surface area contributed by atoms with Crippen LogP contribution in [-0.4, -0.2) is 12.5 Å². The molecule has 0 bridgehead atoms. The summed E-state index contributed by atoms with van der Waals surface area (Å²) >= 11 is 0. The van der Waals surface area contributed by atoms with E-state index in [0.29, 0.717) is 5.92 Å². The van der Waals surface area contributed by atoms with Crippen molar-refractivity contribution in [2.24, 2.45) is 5.92 Å². The number of carbonyl (C=O) groups is 1. The Hall–Kier alpha value is -1.57. The van der Waals surface area contributed by atoms with E-state index in [1.807, 2.05) is 0 Å². The molecule has 0 spiro atoms. The SMILES string of the molecule is CCCCCC=CCC=CCC=CCC=CCCCCNC(=O)C1CC1. The Morgan fingerprint density at radius 2 is 1.27 bits per heavy atom. The van der Waals surface area contributed by atoms with Gasteiger partial charge in [0.25, 0.3) is 0 Å². The molecule has 146 valence electrons. The van der Waals surface area contributed by atoms with Gasteiger partial charge in [-0.15, -0.1) is 0 Å². The van der Waals surface area contributed by atoms with Crippen molar-refractivity contribution in [2.75, 3.05) is 6.54 Å². The van der Waals surface area contributed by atoms with E-state index in [0.717, 1.165) is 57.9 Å². The van der Waals surface area contributed by atoms with Crippen molar-refractivity contribution in [1.82, 2.24) is 5.32 Å². The molecular weight excluding hydrogens is 318 g/mol. The first-order valence-electron chi connectivity index (χ1n) is 10.7. The molecule has 2 heteroatoms. The molecule has 26 heavy (non-hydrogen) atoms. The summed E-state index contributed by atoms with van der Waals surface area (Å²) in [6.45, 7) is 3.08. The lowest BCUT2D eigenvalue weighted by molar-refractivity contribution is -0.122. The topological polar surface area (TPSA) is 29.1 Å². The maximum atomic E-state index is 11.4. The third kappa shape index (κ3) is 14.7. The molecule has 1 rings (SSSR count). The molecule has 1 amide bonds. The van der Waals surface area contributed by atoms with Gasteiger partial charge < -0.3 is 5.32 Å². The van der Waals surface area contributed by atoms with Gasteiger partial charge in [0.1, 0.15) is 0 Å². The van der Waals surface area contributed by atoms with E-state index in [1.54, 1.807) is 0 Å². The van der Waals surface area contributed by atoms with Gasteiger partial charge in [-0.2, -0.15) is 0 Å². The standard InChI is InChI=1S/C24H39NO/c1-2-3-4-5-6-7-8-9-10-11-12-13-14-15-16-17-18-19-22-25-24(26)23-20-21-23/h6-7,9-10,12-13,15-16,23H,2-5,8,11,14,17-22H2,1H3,(H,25,26). The second-order valence-corrected chi connectivity index (χ2v) is 7.15. The Labute approximate surface area is 161 Å². The van der Waals surface area contributed by atoms with Crippen LogP contribution in [0.5, 0.6) is 0 Å². The van der Waals surface area contributed by atoms with Gasteiger partial charge in [-0.05, 0) is 64.2 Å². The van der Waals surface area contributed by atoms with Crippen LogP contribution >= 0.6 is 0 Å². The Morgan fingerprint density at radius 3 is 1.77 bits per heavy atom. The van der Waals surface area contributed by atoms with Crippen LogP contribution in [0.15, 0.2) is 48.6 Å². The van der Waals surface area contributed by atoms with Gasteiger partial charge in [0.05, 0.1) is 0 Å². The molecule has 0 saturated heterocycles. The fourth-order valence-corrected chi connectivity index (χ4v) is 2.65. The Morgan fingerprint density at radius 1 is 0.769 bits per heavy atom. The zero-order valence-corrected chi connectivity index (χ0v) is 16.8. The summed E-state index contributed by atoms with van der Waals surface area (Å²) in [5, 5.41) is 3.01. The van der Waals surface area contributed by atoms with Crippen molar-refractivity contribution in [3.05, 3.63) is 48.6 Å². The highest BCUT2D eigenvalue weighted by atomic mass is 16.2. The Bertz CT molecular complexity index is 455. The van der Waals surface area contributed by atoms with Crippen LogP contribution in [0.4, 0.5) is 0 Å². The van der Waals surface area contributed by atoms with Gasteiger partial charge in [-0.25, -0.2) is 0 Å². The number of unbranched alkanes of at least 4 members (excludes halogenated alkanes) is 5. The van der Waals surface area contributed by atoms with Crippen LogP contribution in [0.1, 0.15) is 84.0 Å². The van der Waals surface area contributed by atoms with E-state index >= 15 is 0 Å². The molecular formula is C24H39NO. The van der Waals surface area contributed by atoms with Crippen molar-refractivity contribution in [3.63, 3.8) is 0 Å². The fraction of sp³-hybridized carbons (Fsp3) is 0.625. The molecule has 1 N–H and O–H groups in total. The summed E-state index contributed by atoms with van der Waals surface area (Å²) < 4.78 is 0. The zero-order valence-electron chi connectivity index (χ0n) is 16.8. The smallest absolute Gasteiger partial charge is 0.223 e. The predicted molar refractivity (Wildman–Crippen MR) is 114 cm³/mol. The monoisotopic (exact) mass is 357 g/mol. The molecule has 0 aromatic heterocycles. The average molecular weight is 358 g/mol. The quantitative estimate of drug-likeness (QED) is 0.243. The van der Waals surface area contributed by atoms with Gasteiger partial charge in [0.2, 0.25) is 5.91 Å². The molecule has 0 radical (unpaired) electrons. The van der Waals surface area contributed by atoms with E-state index in [-0.39, 0.29) is 5.91 Å². The summed E-state index contributed by atoms with van der Waals surface area (Å²) in [5.74, 6) is 0.603. The van der Waals surface area contributed by atoms with Gasteiger partial charge in [0.15, 0.2) is 0 Å². The molecule has 1 fully saturated rings. The van der Waals surface area contributed by atoms with Crippen LogP contribution in [-0.2, 0) is 4.79 Å². The predicted octanol–water partition coefficient (Wildman–Crippen LogP) is 6.66. The minimum Gasteiger partial charge on any atom is -0.356 e. The van der Waals surface area contributed by atoms with Gasteiger partial charge in [-0.1, -0.05) is 68.4 Å². The summed E-state index contributed by atoms with van der Waals surface area (Å²) in [6.07, 6.45) is 31.9. The number of amides is 1. The van der Waals surface area contributed by atoms with Gasteiger partial charge in [-0.3, -0.25) is 4.79 Å². The lowest BCUT2D eigenvalue weighted by atomic mass is 10.2. The van der Waals surface area contributed by atoms with Crippen LogP contribution in [0.25, 0.3) is 0 Å². The van der Waals surface area contributed by atoms with E-state index in [9.17, 15) is 4.79 Å². The molecule has 1 aliphatic carbocycles. The average Bonchev–Trinajstić information content (AvgIpc) is 3.48. The minimum absolute atomic E-state index is 0.266. The second kappa shape index (κ2) is 16.9. The zero-order chi connectivity index (χ0) is 18.7. The molecule has 1 aliphatic rings. The minimum atomic E-state index is 0.266. The van der Waals surface area contributed by atoms with Gasteiger partial charge >= 0.3 is 0 Å². The number of rotatable bonds is 16. The van der Waals surface area contributed by atoms with E-state index < -0.39 is 0 Å². The first kappa shape index (κ1) is 22.5. The largest absolute Gasteiger partial charge is 0.356 e. The van der Waals surface area contributed by atoms with Crippen molar-refractivity contribution in [1.29, 1.82) is 0 Å². The van der Waals surface area contributed by atoms with Crippen LogP contribution < -0.4 is 5.32 Å². The van der Waals surface area contributed by atoms with Crippen LogP contribution in [0.3, 0.4) is 0 Å². The number of hydrogen-bond acceptors (Lipinski definition) is 1. The molecule has 2 nitrogen and oxygen atoms in total. The lowest BCUT2D eigenvalue weighted by Gasteiger charge is -2.02. The van der Waals surface area contributed by atoms with Crippen molar-refractivity contribution < 1.29 is 4.79 Å². The third-order valence-corrected chi connectivity index (χ3v) is 4.50. The molecule has 0 atom stereocenters. The number of carbonyl (C=O) groups excluding carboxylic acids is 1. The molecule has 0 aromatic carbocycles. The van der Waals surface area contributed by atoms with Gasteiger partial charge in [0, 0.05) is 12.5 Å². The maximum Gasteiger partial charge on any atom is 0.223 e. The molecule has 0 unspecified atom stereocenters. The highest BCUT2D eigenvalue weighted by Crippen LogP contribution is 2.28. The second-order valence-electron chi connectivity index (χ2n) is 7.15. The summed E-state index contributed by atoms with van der Waals surface area (Å²) in [7, 11) is 0. The van der Waals surface area contributed by atoms with E-state index in [2.05, 4.69) is 60.8 Å². The third-order valence-electron chi connectivity index (χ3n) is 4.50. The normalized spacial score (nSPS) is 15.1. The van der Waals surface area contributed by atoms with Crippen molar-refractivity contribution in [2.45, 2.75) is 84.0 Å². The number of allylic oxidation sites excluding steroid dienone is 8. The fourth-order valence-electron chi connectivity index (χ4n) is 2.65. The first-order chi connectivity index (χ1) is 12.8. The Kier molecular flexibility index (Phi) is 14.6. The molecule has 0 aromatic rings. The molecule has 0 aliphatic heterocycles. The summed E-state index contributed by atoms with van der Waals surface area (Å²) in [5.41, 5.74) is 0. The lowest BCUT2D eigenvalue weighted by Crippen LogP contribution is -2.25. The molecule has 1 saturated carbocycles. The maximum absolute atomic E-state index is 11.4. The van der Waals surface area contributed by atoms with Crippen molar-refractivity contribution in [3.8, 4) is 0 Å². The number of nitrogens with one attached hydrogen (secondary N) is 1. The molecule has 0 heterocycles. The Balaban J connectivity index is 1.83. The summed E-state index contributed by atoms with van der Waals surface area (Å²) in [6, 6.07) is 0. The number of hydrogen-bond donors (Lipinski definition) is 1. The van der Waals surface area contributed by atoms with Crippen molar-refractivity contribution >= 4 is 5.91 Å². The van der Waals surface area contributed by atoms with E-state index in [4.69, 9.17) is 0 Å². The first-order valence-corrected chi connectivity index (χ1v) is 10.7. The summed E-state index contributed by atoms with van der Waals surface area (Å²) in [4.78, 5) is 11.4. The highest BCUT2D eigenvalue weighted by Gasteiger charge is 2.28.